The van der Waals surface area contributed by atoms with Gasteiger partial charge in [0.05, 0.1) is 34.9 Å². The number of aryl methyl sites for hydroxylation is 1. The van der Waals surface area contributed by atoms with Crippen LogP contribution in [0.1, 0.15) is 12.5 Å². The fourth-order valence-corrected chi connectivity index (χ4v) is 8.35. The molecule has 2 fully saturated rings. The summed E-state index contributed by atoms with van der Waals surface area (Å²) in [7, 11) is -7.09. The van der Waals surface area contributed by atoms with Crippen LogP contribution in [0.2, 0.25) is 0 Å². The zero-order chi connectivity index (χ0) is 19.5. The number of nitrogens with one attached hydrogen (secondary N) is 1. The Morgan fingerprint density at radius 1 is 1.15 bits per heavy atom. The largest absolute Gasteiger partial charge is 0.379 e. The SMILES string of the molecule is CCc1ccc(S(=O)(=O)[C@@H]2CS(=O)(=O)C[C@H]2NCCN2CCOCC2)cc1. The third-order valence-corrected chi connectivity index (χ3v) is 9.46. The molecule has 3 rings (SSSR count). The van der Waals surface area contributed by atoms with Gasteiger partial charge in [0, 0.05) is 32.2 Å². The zero-order valence-electron chi connectivity index (χ0n) is 15.6. The lowest BCUT2D eigenvalue weighted by molar-refractivity contribution is 0.0382. The summed E-state index contributed by atoms with van der Waals surface area (Å²) in [6.07, 6.45) is 0.823. The molecule has 9 heteroatoms. The highest BCUT2D eigenvalue weighted by molar-refractivity contribution is 7.96. The van der Waals surface area contributed by atoms with Crippen LogP contribution in [0.4, 0.5) is 0 Å². The average Bonchev–Trinajstić information content (AvgIpc) is 2.98. The molecule has 1 aromatic carbocycles. The molecule has 0 spiro atoms. The Hall–Kier alpha value is -1.00. The maximum Gasteiger partial charge on any atom is 0.183 e. The smallest absolute Gasteiger partial charge is 0.183 e. The van der Waals surface area contributed by atoms with Gasteiger partial charge in [0.15, 0.2) is 19.7 Å². The fraction of sp³-hybridized carbons (Fsp3) is 0.667. The van der Waals surface area contributed by atoms with Gasteiger partial charge in [-0.3, -0.25) is 4.90 Å². The van der Waals surface area contributed by atoms with E-state index in [0.717, 1.165) is 31.6 Å². The van der Waals surface area contributed by atoms with Gasteiger partial charge in [-0.05, 0) is 24.1 Å². The highest BCUT2D eigenvalue weighted by Crippen LogP contribution is 2.26. The van der Waals surface area contributed by atoms with E-state index in [2.05, 4.69) is 10.2 Å². The van der Waals surface area contributed by atoms with E-state index >= 15 is 0 Å². The van der Waals surface area contributed by atoms with Crippen LogP contribution >= 0.6 is 0 Å². The lowest BCUT2D eigenvalue weighted by Gasteiger charge is -2.27. The van der Waals surface area contributed by atoms with E-state index in [1.807, 2.05) is 6.92 Å². The molecule has 2 heterocycles. The second kappa shape index (κ2) is 8.57. The van der Waals surface area contributed by atoms with Crippen molar-refractivity contribution in [3.8, 4) is 0 Å². The maximum absolute atomic E-state index is 13.1. The van der Waals surface area contributed by atoms with Crippen molar-refractivity contribution >= 4 is 19.7 Å². The average molecular weight is 417 g/mol. The van der Waals surface area contributed by atoms with E-state index < -0.39 is 31.0 Å². The van der Waals surface area contributed by atoms with E-state index in [1.165, 1.54) is 0 Å². The predicted molar refractivity (Wildman–Crippen MR) is 104 cm³/mol. The molecule has 1 N–H and O–H groups in total. The van der Waals surface area contributed by atoms with Crippen molar-refractivity contribution in [2.45, 2.75) is 29.5 Å². The predicted octanol–water partition coefficient (Wildman–Crippen LogP) is 0.110. The Labute approximate surface area is 161 Å². The van der Waals surface area contributed by atoms with E-state index in [0.29, 0.717) is 19.8 Å². The number of morpholine rings is 1. The molecule has 0 saturated carbocycles. The van der Waals surface area contributed by atoms with Crippen LogP contribution in [0.25, 0.3) is 0 Å². The number of hydrogen-bond acceptors (Lipinski definition) is 7. The molecule has 152 valence electrons. The lowest BCUT2D eigenvalue weighted by Crippen LogP contribution is -2.47. The summed E-state index contributed by atoms with van der Waals surface area (Å²) in [6, 6.07) is 6.18. The minimum Gasteiger partial charge on any atom is -0.379 e. The van der Waals surface area contributed by atoms with Crippen molar-refractivity contribution in [3.05, 3.63) is 29.8 Å². The topological polar surface area (TPSA) is 92.8 Å². The molecule has 2 atom stereocenters. The summed E-state index contributed by atoms with van der Waals surface area (Å²) in [5, 5.41) is 2.25. The Morgan fingerprint density at radius 3 is 2.44 bits per heavy atom. The molecule has 1 aromatic rings. The molecule has 2 aliphatic heterocycles. The van der Waals surface area contributed by atoms with Crippen LogP contribution in [0, 0.1) is 0 Å². The number of benzene rings is 1. The molecule has 27 heavy (non-hydrogen) atoms. The first kappa shape index (κ1) is 20.7. The van der Waals surface area contributed by atoms with Crippen molar-refractivity contribution in [2.75, 3.05) is 50.9 Å². The minimum absolute atomic E-state index is 0.132. The number of ether oxygens (including phenoxy) is 1. The van der Waals surface area contributed by atoms with E-state index in [9.17, 15) is 16.8 Å². The van der Waals surface area contributed by atoms with Gasteiger partial charge < -0.3 is 10.1 Å². The van der Waals surface area contributed by atoms with Crippen LogP contribution in [-0.4, -0.2) is 83.9 Å². The summed E-state index contributed by atoms with van der Waals surface area (Å²) in [6.45, 7) is 6.39. The highest BCUT2D eigenvalue weighted by Gasteiger charge is 2.45. The molecule has 0 unspecified atom stereocenters. The van der Waals surface area contributed by atoms with Gasteiger partial charge in [0.1, 0.15) is 0 Å². The second-order valence-electron chi connectivity index (χ2n) is 7.17. The summed E-state index contributed by atoms with van der Waals surface area (Å²) < 4.78 is 55.8. The van der Waals surface area contributed by atoms with E-state index in [4.69, 9.17) is 4.74 Å². The Balaban J connectivity index is 1.70. The van der Waals surface area contributed by atoms with Gasteiger partial charge in [-0.2, -0.15) is 0 Å². The van der Waals surface area contributed by atoms with Crippen molar-refractivity contribution in [2.24, 2.45) is 0 Å². The first-order valence-electron chi connectivity index (χ1n) is 9.38. The number of nitrogens with zero attached hydrogens (tertiary/aromatic N) is 1. The molecule has 0 bridgehead atoms. The quantitative estimate of drug-likeness (QED) is 0.674. The van der Waals surface area contributed by atoms with Gasteiger partial charge in [-0.15, -0.1) is 0 Å². The van der Waals surface area contributed by atoms with Crippen molar-refractivity contribution in [1.82, 2.24) is 10.2 Å². The molecule has 2 saturated heterocycles. The highest BCUT2D eigenvalue weighted by atomic mass is 32.2. The standard InChI is InChI=1S/C18H28N2O5S2/c1-2-15-3-5-16(6-4-15)27(23,24)18-14-26(21,22)13-17(18)19-7-8-20-9-11-25-12-10-20/h3-6,17-19H,2,7-14H2,1H3/t17-,18-/m1/s1. The third kappa shape index (κ3) is 5.08. The molecule has 7 nitrogen and oxygen atoms in total. The monoisotopic (exact) mass is 416 g/mol. The number of sulfone groups is 2. The fourth-order valence-electron chi connectivity index (χ4n) is 3.63. The normalized spacial score (nSPS) is 26.3. The van der Waals surface area contributed by atoms with Gasteiger partial charge in [-0.25, -0.2) is 16.8 Å². The molecule has 0 aromatic heterocycles. The molecular formula is C18H28N2O5S2. The van der Waals surface area contributed by atoms with Crippen molar-refractivity contribution in [1.29, 1.82) is 0 Å². The first-order valence-corrected chi connectivity index (χ1v) is 12.8. The summed E-state index contributed by atoms with van der Waals surface area (Å²) >= 11 is 0. The molecule has 0 amide bonds. The molecule has 2 aliphatic rings. The van der Waals surface area contributed by atoms with Gasteiger partial charge in [-0.1, -0.05) is 19.1 Å². The van der Waals surface area contributed by atoms with Crippen LogP contribution in [0.3, 0.4) is 0 Å². The third-order valence-electron chi connectivity index (χ3n) is 5.30. The van der Waals surface area contributed by atoms with E-state index in [-0.39, 0.29) is 16.4 Å². The summed E-state index contributed by atoms with van der Waals surface area (Å²) in [5.74, 6) is -0.451. The Kier molecular flexibility index (Phi) is 6.58. The van der Waals surface area contributed by atoms with Crippen LogP contribution in [-0.2, 0) is 30.8 Å². The lowest BCUT2D eigenvalue weighted by atomic mass is 10.2. The maximum atomic E-state index is 13.1. The minimum atomic E-state index is -3.71. The van der Waals surface area contributed by atoms with Gasteiger partial charge >= 0.3 is 0 Å². The molecule has 0 aliphatic carbocycles. The number of rotatable bonds is 7. The second-order valence-corrected chi connectivity index (χ2v) is 11.5. The van der Waals surface area contributed by atoms with Gasteiger partial charge in [0.25, 0.3) is 0 Å². The summed E-state index contributed by atoms with van der Waals surface area (Å²) in [4.78, 5) is 2.43. The first-order chi connectivity index (χ1) is 12.8. The zero-order valence-corrected chi connectivity index (χ0v) is 17.3. The van der Waals surface area contributed by atoms with Crippen LogP contribution < -0.4 is 5.32 Å². The van der Waals surface area contributed by atoms with Crippen molar-refractivity contribution < 1.29 is 21.6 Å². The Bertz CT molecular complexity index is 831. The van der Waals surface area contributed by atoms with Crippen LogP contribution in [0.15, 0.2) is 29.2 Å². The van der Waals surface area contributed by atoms with Crippen LogP contribution in [0.5, 0.6) is 0 Å². The Morgan fingerprint density at radius 2 is 1.81 bits per heavy atom. The number of hydrogen-bond donors (Lipinski definition) is 1. The summed E-state index contributed by atoms with van der Waals surface area (Å²) in [5.41, 5.74) is 1.05. The molecule has 0 radical (unpaired) electrons. The molecular weight excluding hydrogens is 388 g/mol. The van der Waals surface area contributed by atoms with Gasteiger partial charge in [0.2, 0.25) is 0 Å². The van der Waals surface area contributed by atoms with Crippen molar-refractivity contribution in [3.63, 3.8) is 0 Å². The van der Waals surface area contributed by atoms with E-state index in [1.54, 1.807) is 24.3 Å².